The van der Waals surface area contributed by atoms with Crippen LogP contribution in [0.5, 0.6) is 5.75 Å². The summed E-state index contributed by atoms with van der Waals surface area (Å²) >= 11 is 0. The van der Waals surface area contributed by atoms with E-state index in [2.05, 4.69) is 0 Å². The quantitative estimate of drug-likeness (QED) is 0.626. The van der Waals surface area contributed by atoms with Crippen LogP contribution in [0.1, 0.15) is 62.5 Å². The normalized spacial score (nSPS) is 21.0. The van der Waals surface area contributed by atoms with E-state index < -0.39 is 0 Å². The molecule has 118 valence electrons. The first-order valence-electron chi connectivity index (χ1n) is 8.18. The van der Waals surface area contributed by atoms with Gasteiger partial charge in [-0.25, -0.2) is 8.78 Å². The predicted molar refractivity (Wildman–Crippen MR) is 84.1 cm³/mol. The molecule has 3 heteroatoms. The van der Waals surface area contributed by atoms with Gasteiger partial charge in [0.25, 0.3) is 0 Å². The van der Waals surface area contributed by atoms with Crippen LogP contribution < -0.4 is 4.74 Å². The van der Waals surface area contributed by atoms with E-state index >= 15 is 0 Å². The molecule has 1 saturated carbocycles. The lowest BCUT2D eigenvalue weighted by Gasteiger charge is -2.22. The summed E-state index contributed by atoms with van der Waals surface area (Å²) < 4.78 is 34.3. The lowest BCUT2D eigenvalue weighted by molar-refractivity contribution is 0.378. The number of rotatable bonds is 3. The topological polar surface area (TPSA) is 9.23 Å². The van der Waals surface area contributed by atoms with Crippen molar-refractivity contribution in [3.05, 3.63) is 52.8 Å². The fourth-order valence-electron chi connectivity index (χ4n) is 3.41. The molecule has 0 saturated heterocycles. The molecule has 1 fully saturated rings. The molecule has 0 spiro atoms. The zero-order valence-corrected chi connectivity index (χ0v) is 13.0. The molecule has 0 unspecified atom stereocenters. The Hall–Kier alpha value is -1.64. The van der Waals surface area contributed by atoms with Crippen LogP contribution >= 0.6 is 0 Å². The van der Waals surface area contributed by atoms with Crippen molar-refractivity contribution in [1.29, 1.82) is 0 Å². The first-order chi connectivity index (χ1) is 10.7. The maximum atomic E-state index is 14.8. The molecule has 0 aromatic heterocycles. The summed E-state index contributed by atoms with van der Waals surface area (Å²) in [5, 5.41) is 0. The van der Waals surface area contributed by atoms with Gasteiger partial charge in [0, 0.05) is 18.4 Å². The molecule has 0 atom stereocenters. The van der Waals surface area contributed by atoms with E-state index in [0.717, 1.165) is 36.8 Å². The zero-order chi connectivity index (χ0) is 15.5. The Morgan fingerprint density at radius 3 is 2.77 bits per heavy atom. The van der Waals surface area contributed by atoms with Crippen LogP contribution in [0.15, 0.2) is 35.9 Å². The Kier molecular flexibility index (Phi) is 4.60. The highest BCUT2D eigenvalue weighted by molar-refractivity contribution is 5.47. The van der Waals surface area contributed by atoms with Crippen molar-refractivity contribution < 1.29 is 13.5 Å². The third kappa shape index (κ3) is 2.94. The monoisotopic (exact) mass is 304 g/mol. The number of hydrogen-bond acceptors (Lipinski definition) is 1. The number of hydrogen-bond donors (Lipinski definition) is 0. The number of benzene rings is 1. The fraction of sp³-hybridized carbons (Fsp3) is 0.474. The van der Waals surface area contributed by atoms with Crippen LogP contribution in [0.4, 0.5) is 8.78 Å². The highest BCUT2D eigenvalue weighted by Crippen LogP contribution is 2.41. The minimum Gasteiger partial charge on any atom is -0.455 e. The third-order valence-electron chi connectivity index (χ3n) is 4.67. The highest BCUT2D eigenvalue weighted by Gasteiger charge is 2.28. The van der Waals surface area contributed by atoms with Crippen LogP contribution in [0.3, 0.4) is 0 Å². The van der Waals surface area contributed by atoms with E-state index in [1.54, 1.807) is 12.2 Å². The molecule has 0 amide bonds. The summed E-state index contributed by atoms with van der Waals surface area (Å²) in [4.78, 5) is 0. The Labute approximate surface area is 130 Å². The molecule has 1 nitrogen and oxygen atoms in total. The van der Waals surface area contributed by atoms with Gasteiger partial charge in [0.1, 0.15) is 11.6 Å². The summed E-state index contributed by atoms with van der Waals surface area (Å²) in [5.41, 5.74) is 1.50. The maximum Gasteiger partial charge on any atom is 0.169 e. The molecule has 1 aromatic carbocycles. The van der Waals surface area contributed by atoms with E-state index in [1.807, 2.05) is 19.1 Å². The lowest BCUT2D eigenvalue weighted by atomic mass is 9.83. The van der Waals surface area contributed by atoms with Crippen molar-refractivity contribution in [3.63, 3.8) is 0 Å². The maximum absolute atomic E-state index is 14.8. The number of ether oxygens (including phenoxy) is 1. The van der Waals surface area contributed by atoms with Crippen LogP contribution in [-0.4, -0.2) is 0 Å². The summed E-state index contributed by atoms with van der Waals surface area (Å²) in [5.74, 6) is 0.191. The first kappa shape index (κ1) is 15.3. The average molecular weight is 304 g/mol. The van der Waals surface area contributed by atoms with Crippen molar-refractivity contribution in [2.24, 2.45) is 0 Å². The Balaban J connectivity index is 1.86. The van der Waals surface area contributed by atoms with E-state index in [9.17, 15) is 8.78 Å². The van der Waals surface area contributed by atoms with E-state index in [4.69, 9.17) is 4.74 Å². The van der Waals surface area contributed by atoms with E-state index in [0.29, 0.717) is 6.42 Å². The molecule has 1 aromatic rings. The molecule has 22 heavy (non-hydrogen) atoms. The molecule has 0 bridgehead atoms. The van der Waals surface area contributed by atoms with Crippen molar-refractivity contribution in [2.45, 2.75) is 57.8 Å². The molecule has 0 N–H and O–H groups in total. The van der Waals surface area contributed by atoms with E-state index in [1.165, 1.54) is 6.42 Å². The van der Waals surface area contributed by atoms with Gasteiger partial charge < -0.3 is 4.74 Å². The van der Waals surface area contributed by atoms with Gasteiger partial charge in [-0.2, -0.15) is 0 Å². The molecule has 3 rings (SSSR count). The minimum atomic E-state index is -0.312. The lowest BCUT2D eigenvalue weighted by Crippen LogP contribution is -2.07. The van der Waals surface area contributed by atoms with Crippen molar-refractivity contribution in [3.8, 4) is 5.75 Å². The molecule has 2 aliphatic rings. The van der Waals surface area contributed by atoms with Gasteiger partial charge >= 0.3 is 0 Å². The van der Waals surface area contributed by atoms with Crippen LogP contribution in [-0.2, 0) is 6.42 Å². The van der Waals surface area contributed by atoms with Gasteiger partial charge in [0.05, 0.1) is 0 Å². The van der Waals surface area contributed by atoms with Gasteiger partial charge in [0.15, 0.2) is 11.6 Å². The molecule has 0 radical (unpaired) electrons. The van der Waals surface area contributed by atoms with Crippen molar-refractivity contribution in [2.75, 3.05) is 0 Å². The summed E-state index contributed by atoms with van der Waals surface area (Å²) in [6, 6.07) is 3.78. The third-order valence-corrected chi connectivity index (χ3v) is 4.67. The van der Waals surface area contributed by atoms with Gasteiger partial charge in [-0.1, -0.05) is 43.5 Å². The second-order valence-electron chi connectivity index (χ2n) is 6.17. The summed E-state index contributed by atoms with van der Waals surface area (Å²) in [6.45, 7) is 1.85. The number of fused-ring (bicyclic) bond motifs is 1. The van der Waals surface area contributed by atoms with Gasteiger partial charge in [-0.15, -0.1) is 0 Å². The predicted octanol–water partition coefficient (Wildman–Crippen LogP) is 5.96. The van der Waals surface area contributed by atoms with Gasteiger partial charge in [-0.05, 0) is 31.2 Å². The molecular weight excluding hydrogens is 282 g/mol. The second-order valence-corrected chi connectivity index (χ2v) is 6.17. The Bertz CT molecular complexity index is 610. The zero-order valence-electron chi connectivity index (χ0n) is 13.0. The van der Waals surface area contributed by atoms with Gasteiger partial charge in [-0.3, -0.25) is 0 Å². The standard InChI is InChI=1S/C19H22F2O/c1-2-3-9-16(20)17-12-14-10-11-15(18(21)19(14)22-17)13-7-5-4-6-8-13/h2-3,10-11,13H,4-9,12H2,1H3/b3-2-,17-16-. The van der Waals surface area contributed by atoms with E-state index in [-0.39, 0.29) is 35.5 Å². The van der Waals surface area contributed by atoms with Gasteiger partial charge in [0.2, 0.25) is 0 Å². The Morgan fingerprint density at radius 1 is 1.27 bits per heavy atom. The molecule has 1 aliphatic carbocycles. The highest BCUT2D eigenvalue weighted by atomic mass is 19.1. The molecular formula is C19H22F2O. The second kappa shape index (κ2) is 6.64. The molecule has 1 aliphatic heterocycles. The van der Waals surface area contributed by atoms with Crippen molar-refractivity contribution >= 4 is 0 Å². The molecule has 1 heterocycles. The average Bonchev–Trinajstić information content (AvgIpc) is 2.99. The fourth-order valence-corrected chi connectivity index (χ4v) is 3.41. The van der Waals surface area contributed by atoms with Crippen molar-refractivity contribution in [1.82, 2.24) is 0 Å². The SMILES string of the molecule is C/C=C\C/C(F)=C1\Cc2ccc(C3CCCCC3)c(F)c2O1. The largest absolute Gasteiger partial charge is 0.455 e. The first-order valence-corrected chi connectivity index (χ1v) is 8.18. The van der Waals surface area contributed by atoms with Crippen LogP contribution in [0, 0.1) is 5.82 Å². The minimum absolute atomic E-state index is 0.205. The van der Waals surface area contributed by atoms with Crippen LogP contribution in [0.2, 0.25) is 0 Å². The Morgan fingerprint density at radius 2 is 2.05 bits per heavy atom. The summed E-state index contributed by atoms with van der Waals surface area (Å²) in [7, 11) is 0. The number of halogens is 2. The smallest absolute Gasteiger partial charge is 0.169 e. The summed E-state index contributed by atoms with van der Waals surface area (Å²) in [6.07, 6.45) is 9.71. The number of allylic oxidation sites excluding steroid dienone is 4. The van der Waals surface area contributed by atoms with Crippen LogP contribution in [0.25, 0.3) is 0 Å².